The Morgan fingerprint density at radius 2 is 1.85 bits per heavy atom. The zero-order valence-electron chi connectivity index (χ0n) is 11.7. The molecule has 1 heterocycles. The van der Waals surface area contributed by atoms with Gasteiger partial charge in [0, 0.05) is 24.8 Å². The minimum Gasteiger partial charge on any atom is -0.357 e. The van der Waals surface area contributed by atoms with Crippen LogP contribution in [0.15, 0.2) is 42.7 Å². The van der Waals surface area contributed by atoms with Crippen LogP contribution < -0.4 is 10.2 Å². The van der Waals surface area contributed by atoms with E-state index in [1.165, 1.54) is 6.33 Å². The SMILES string of the molecule is CCN(CC)c1cc(C(=O)Nc2ccccc2)ncn1. The van der Waals surface area contributed by atoms with E-state index in [1.807, 2.05) is 30.3 Å². The lowest BCUT2D eigenvalue weighted by Gasteiger charge is -2.19. The minimum absolute atomic E-state index is 0.230. The average Bonchev–Trinajstić information content (AvgIpc) is 2.50. The number of nitrogens with zero attached hydrogens (tertiary/aromatic N) is 3. The summed E-state index contributed by atoms with van der Waals surface area (Å²) < 4.78 is 0. The van der Waals surface area contributed by atoms with E-state index < -0.39 is 0 Å². The smallest absolute Gasteiger partial charge is 0.274 e. The van der Waals surface area contributed by atoms with Crippen LogP contribution in [-0.2, 0) is 0 Å². The van der Waals surface area contributed by atoms with Gasteiger partial charge in [0.05, 0.1) is 0 Å². The third-order valence-electron chi connectivity index (χ3n) is 3.00. The van der Waals surface area contributed by atoms with Gasteiger partial charge >= 0.3 is 0 Å². The molecule has 0 radical (unpaired) electrons. The molecule has 0 spiro atoms. The molecule has 0 saturated heterocycles. The molecule has 1 aromatic carbocycles. The molecule has 1 amide bonds. The molecule has 0 aliphatic carbocycles. The molecule has 5 nitrogen and oxygen atoms in total. The van der Waals surface area contributed by atoms with Crippen molar-refractivity contribution in [3.05, 3.63) is 48.4 Å². The van der Waals surface area contributed by atoms with Crippen molar-refractivity contribution in [1.82, 2.24) is 9.97 Å². The van der Waals surface area contributed by atoms with Crippen molar-refractivity contribution in [3.8, 4) is 0 Å². The van der Waals surface area contributed by atoms with E-state index in [9.17, 15) is 4.79 Å². The number of aromatic nitrogens is 2. The second-order valence-electron chi connectivity index (χ2n) is 4.25. The number of hydrogen-bond donors (Lipinski definition) is 1. The Hall–Kier alpha value is -2.43. The summed E-state index contributed by atoms with van der Waals surface area (Å²) in [7, 11) is 0. The Morgan fingerprint density at radius 3 is 2.50 bits per heavy atom. The van der Waals surface area contributed by atoms with Crippen molar-refractivity contribution in [3.63, 3.8) is 0 Å². The first kappa shape index (κ1) is 14.0. The fraction of sp³-hybridized carbons (Fsp3) is 0.267. The molecule has 0 atom stereocenters. The van der Waals surface area contributed by atoms with E-state index in [0.29, 0.717) is 5.69 Å². The number of rotatable bonds is 5. The molecule has 0 aliphatic heterocycles. The Balaban J connectivity index is 2.16. The molecule has 20 heavy (non-hydrogen) atoms. The van der Waals surface area contributed by atoms with E-state index in [-0.39, 0.29) is 5.91 Å². The molecule has 5 heteroatoms. The van der Waals surface area contributed by atoms with Crippen LogP contribution in [0, 0.1) is 0 Å². The highest BCUT2D eigenvalue weighted by Crippen LogP contribution is 2.12. The predicted molar refractivity (Wildman–Crippen MR) is 80.0 cm³/mol. The van der Waals surface area contributed by atoms with Crippen LogP contribution in [0.4, 0.5) is 11.5 Å². The standard InChI is InChI=1S/C15H18N4O/c1-3-19(4-2)14-10-13(16-11-17-14)15(20)18-12-8-6-5-7-9-12/h5-11H,3-4H2,1-2H3,(H,18,20). The summed E-state index contributed by atoms with van der Waals surface area (Å²) in [6.45, 7) is 5.78. The van der Waals surface area contributed by atoms with Gasteiger partial charge in [0.1, 0.15) is 17.8 Å². The molecule has 0 unspecified atom stereocenters. The van der Waals surface area contributed by atoms with Gasteiger partial charge in [0.25, 0.3) is 5.91 Å². The van der Waals surface area contributed by atoms with Crippen molar-refractivity contribution in [2.75, 3.05) is 23.3 Å². The highest BCUT2D eigenvalue weighted by atomic mass is 16.1. The summed E-state index contributed by atoms with van der Waals surface area (Å²) in [6, 6.07) is 11.0. The Morgan fingerprint density at radius 1 is 1.15 bits per heavy atom. The normalized spacial score (nSPS) is 10.1. The topological polar surface area (TPSA) is 58.1 Å². The van der Waals surface area contributed by atoms with Crippen LogP contribution in [0.5, 0.6) is 0 Å². The van der Waals surface area contributed by atoms with Crippen LogP contribution >= 0.6 is 0 Å². The Labute approximate surface area is 118 Å². The van der Waals surface area contributed by atoms with E-state index in [4.69, 9.17) is 0 Å². The molecule has 2 rings (SSSR count). The summed E-state index contributed by atoms with van der Waals surface area (Å²) in [5.41, 5.74) is 1.12. The molecule has 0 fully saturated rings. The molecule has 1 N–H and O–H groups in total. The van der Waals surface area contributed by atoms with Gasteiger partial charge in [-0.15, -0.1) is 0 Å². The lowest BCUT2D eigenvalue weighted by atomic mass is 10.3. The molecule has 0 aliphatic rings. The maximum absolute atomic E-state index is 12.1. The minimum atomic E-state index is -0.230. The first-order chi connectivity index (χ1) is 9.74. The van der Waals surface area contributed by atoms with Crippen molar-refractivity contribution < 1.29 is 4.79 Å². The highest BCUT2D eigenvalue weighted by Gasteiger charge is 2.11. The van der Waals surface area contributed by atoms with Crippen LogP contribution in [-0.4, -0.2) is 29.0 Å². The van der Waals surface area contributed by atoms with Gasteiger partial charge in [-0.1, -0.05) is 18.2 Å². The molecule has 0 bridgehead atoms. The first-order valence-corrected chi connectivity index (χ1v) is 6.68. The number of carbonyl (C=O) groups excluding carboxylic acids is 1. The second-order valence-corrected chi connectivity index (χ2v) is 4.25. The van der Waals surface area contributed by atoms with Crippen molar-refractivity contribution in [2.45, 2.75) is 13.8 Å². The maximum atomic E-state index is 12.1. The molecule has 104 valence electrons. The van der Waals surface area contributed by atoms with Gasteiger partial charge < -0.3 is 10.2 Å². The largest absolute Gasteiger partial charge is 0.357 e. The van der Waals surface area contributed by atoms with Gasteiger partial charge in [-0.25, -0.2) is 9.97 Å². The predicted octanol–water partition coefficient (Wildman–Crippen LogP) is 2.58. The average molecular weight is 270 g/mol. The van der Waals surface area contributed by atoms with Gasteiger partial charge in [-0.2, -0.15) is 0 Å². The lowest BCUT2D eigenvalue weighted by molar-refractivity contribution is 0.102. The number of para-hydroxylation sites is 1. The van der Waals surface area contributed by atoms with Crippen molar-refractivity contribution in [1.29, 1.82) is 0 Å². The Kier molecular flexibility index (Phi) is 4.65. The van der Waals surface area contributed by atoms with Crippen LogP contribution in [0.3, 0.4) is 0 Å². The third-order valence-corrected chi connectivity index (χ3v) is 3.00. The van der Waals surface area contributed by atoms with Crippen molar-refractivity contribution >= 4 is 17.4 Å². The summed E-state index contributed by atoms with van der Waals surface area (Å²) in [4.78, 5) is 22.5. The number of nitrogens with one attached hydrogen (secondary N) is 1. The van der Waals surface area contributed by atoms with E-state index in [2.05, 4.69) is 34.0 Å². The van der Waals surface area contributed by atoms with Crippen LogP contribution in [0.25, 0.3) is 0 Å². The molecular weight excluding hydrogens is 252 g/mol. The third kappa shape index (κ3) is 3.32. The number of benzene rings is 1. The first-order valence-electron chi connectivity index (χ1n) is 6.68. The molecule has 1 aromatic heterocycles. The fourth-order valence-electron chi connectivity index (χ4n) is 1.91. The van der Waals surface area contributed by atoms with Crippen LogP contribution in [0.2, 0.25) is 0 Å². The van der Waals surface area contributed by atoms with Crippen LogP contribution in [0.1, 0.15) is 24.3 Å². The second kappa shape index (κ2) is 6.65. The summed E-state index contributed by atoms with van der Waals surface area (Å²) >= 11 is 0. The highest BCUT2D eigenvalue weighted by molar-refractivity contribution is 6.03. The molecular formula is C15H18N4O. The van der Waals surface area contributed by atoms with E-state index in [0.717, 1.165) is 24.6 Å². The van der Waals surface area contributed by atoms with Gasteiger partial charge in [-0.05, 0) is 26.0 Å². The summed E-state index contributed by atoms with van der Waals surface area (Å²) in [5, 5.41) is 2.81. The quantitative estimate of drug-likeness (QED) is 0.907. The summed E-state index contributed by atoms with van der Waals surface area (Å²) in [6.07, 6.45) is 1.42. The number of anilines is 2. The van der Waals surface area contributed by atoms with Gasteiger partial charge in [0.2, 0.25) is 0 Å². The van der Waals surface area contributed by atoms with E-state index >= 15 is 0 Å². The fourth-order valence-corrected chi connectivity index (χ4v) is 1.91. The zero-order chi connectivity index (χ0) is 14.4. The monoisotopic (exact) mass is 270 g/mol. The Bertz CT molecular complexity index is 567. The van der Waals surface area contributed by atoms with Gasteiger partial charge in [0.15, 0.2) is 0 Å². The van der Waals surface area contributed by atoms with Crippen molar-refractivity contribution in [2.24, 2.45) is 0 Å². The molecule has 0 saturated carbocycles. The lowest BCUT2D eigenvalue weighted by Crippen LogP contribution is -2.24. The number of hydrogen-bond acceptors (Lipinski definition) is 4. The number of amides is 1. The molecule has 2 aromatic rings. The maximum Gasteiger partial charge on any atom is 0.274 e. The summed E-state index contributed by atoms with van der Waals surface area (Å²) in [5.74, 6) is 0.537. The zero-order valence-corrected chi connectivity index (χ0v) is 11.7. The van der Waals surface area contributed by atoms with E-state index in [1.54, 1.807) is 6.07 Å². The number of carbonyl (C=O) groups is 1. The van der Waals surface area contributed by atoms with Gasteiger partial charge in [-0.3, -0.25) is 4.79 Å².